The first-order valence-electron chi connectivity index (χ1n) is 4.77. The summed E-state index contributed by atoms with van der Waals surface area (Å²) < 4.78 is 14.6. The zero-order valence-corrected chi connectivity index (χ0v) is 8.42. The van der Waals surface area contributed by atoms with Gasteiger partial charge in [-0.2, -0.15) is 0 Å². The highest BCUT2D eigenvalue weighted by molar-refractivity contribution is 5.17. The van der Waals surface area contributed by atoms with Gasteiger partial charge in [-0.25, -0.2) is 9.37 Å². The average molecular weight is 222 g/mol. The van der Waals surface area contributed by atoms with E-state index in [1.54, 1.807) is 16.7 Å². The second-order valence-electron chi connectivity index (χ2n) is 3.47. The Morgan fingerprint density at radius 2 is 2.19 bits per heavy atom. The first kappa shape index (κ1) is 10.8. The molecule has 0 bridgehead atoms. The summed E-state index contributed by atoms with van der Waals surface area (Å²) in [6.07, 6.45) is 1.41. The highest BCUT2D eigenvalue weighted by Gasteiger charge is 2.06. The lowest BCUT2D eigenvalue weighted by Gasteiger charge is -2.02. The number of aromatic nitrogens is 2. The van der Waals surface area contributed by atoms with E-state index in [1.165, 1.54) is 24.7 Å². The third-order valence-corrected chi connectivity index (χ3v) is 2.17. The molecule has 0 aliphatic heterocycles. The van der Waals surface area contributed by atoms with Gasteiger partial charge >= 0.3 is 0 Å². The minimum atomic E-state index is -1.58. The predicted molar refractivity (Wildman–Crippen MR) is 54.9 cm³/mol. The molecule has 84 valence electrons. The topological polar surface area (TPSA) is 58.3 Å². The van der Waals surface area contributed by atoms with Gasteiger partial charge in [-0.3, -0.25) is 0 Å². The van der Waals surface area contributed by atoms with Gasteiger partial charge in [0, 0.05) is 12.7 Å². The van der Waals surface area contributed by atoms with Crippen molar-refractivity contribution in [2.75, 3.05) is 0 Å². The van der Waals surface area contributed by atoms with Gasteiger partial charge in [-0.05, 0) is 17.7 Å². The summed E-state index contributed by atoms with van der Waals surface area (Å²) in [6.45, 7) is 0.442. The first-order chi connectivity index (χ1) is 7.65. The fourth-order valence-electron chi connectivity index (χ4n) is 1.44. The summed E-state index contributed by atoms with van der Waals surface area (Å²) in [4.78, 5) is 3.80. The SMILES string of the molecule is OC(O)c1cn(Cc2cccc(F)c2)cn1. The molecule has 5 heteroatoms. The minimum Gasteiger partial charge on any atom is -0.363 e. The standard InChI is InChI=1S/C11H11FN2O2/c12-9-3-1-2-8(4-9)5-14-6-10(11(15)16)13-7-14/h1-4,6-7,11,15-16H,5H2. The zero-order valence-electron chi connectivity index (χ0n) is 8.42. The Kier molecular flexibility index (Phi) is 2.98. The number of imidazole rings is 1. The van der Waals surface area contributed by atoms with Crippen molar-refractivity contribution in [3.8, 4) is 0 Å². The fourth-order valence-corrected chi connectivity index (χ4v) is 1.44. The highest BCUT2D eigenvalue weighted by atomic mass is 19.1. The van der Waals surface area contributed by atoms with Crippen LogP contribution in [0.2, 0.25) is 0 Å². The van der Waals surface area contributed by atoms with Gasteiger partial charge in [-0.15, -0.1) is 0 Å². The van der Waals surface area contributed by atoms with Crippen molar-refractivity contribution in [2.24, 2.45) is 0 Å². The van der Waals surface area contributed by atoms with Crippen LogP contribution in [-0.4, -0.2) is 19.8 Å². The second kappa shape index (κ2) is 4.42. The maximum Gasteiger partial charge on any atom is 0.197 e. The Balaban J connectivity index is 2.14. The molecule has 0 unspecified atom stereocenters. The smallest absolute Gasteiger partial charge is 0.197 e. The molecule has 2 rings (SSSR count). The van der Waals surface area contributed by atoms with Crippen LogP contribution < -0.4 is 0 Å². The van der Waals surface area contributed by atoms with Gasteiger partial charge in [-0.1, -0.05) is 12.1 Å². The molecule has 1 heterocycles. The summed E-state index contributed by atoms with van der Waals surface area (Å²) in [7, 11) is 0. The Morgan fingerprint density at radius 1 is 1.38 bits per heavy atom. The molecule has 0 saturated carbocycles. The first-order valence-corrected chi connectivity index (χ1v) is 4.77. The van der Waals surface area contributed by atoms with Crippen molar-refractivity contribution in [1.29, 1.82) is 0 Å². The molecule has 0 fully saturated rings. The number of hydrogen-bond donors (Lipinski definition) is 2. The van der Waals surface area contributed by atoms with Crippen LogP contribution in [0.1, 0.15) is 17.5 Å². The van der Waals surface area contributed by atoms with E-state index < -0.39 is 6.29 Å². The molecule has 1 aromatic carbocycles. The number of hydrogen-bond acceptors (Lipinski definition) is 3. The fraction of sp³-hybridized carbons (Fsp3) is 0.182. The molecule has 0 aliphatic carbocycles. The van der Waals surface area contributed by atoms with E-state index in [2.05, 4.69) is 4.98 Å². The van der Waals surface area contributed by atoms with Crippen LogP contribution in [0.25, 0.3) is 0 Å². The van der Waals surface area contributed by atoms with Crippen LogP contribution in [-0.2, 0) is 6.54 Å². The van der Waals surface area contributed by atoms with E-state index in [4.69, 9.17) is 10.2 Å². The summed E-state index contributed by atoms with van der Waals surface area (Å²) in [6, 6.07) is 6.22. The molecule has 2 aromatic rings. The maximum atomic E-state index is 12.9. The van der Waals surface area contributed by atoms with Crippen LogP contribution in [0, 0.1) is 5.82 Å². The summed E-state index contributed by atoms with van der Waals surface area (Å²) in [5.41, 5.74) is 0.966. The van der Waals surface area contributed by atoms with Gasteiger partial charge in [0.05, 0.1) is 6.33 Å². The lowest BCUT2D eigenvalue weighted by molar-refractivity contribution is -0.0456. The molecule has 0 radical (unpaired) electrons. The third kappa shape index (κ3) is 2.44. The highest BCUT2D eigenvalue weighted by Crippen LogP contribution is 2.09. The van der Waals surface area contributed by atoms with E-state index in [1.807, 2.05) is 0 Å². The molecule has 0 spiro atoms. The molecule has 4 nitrogen and oxygen atoms in total. The van der Waals surface area contributed by atoms with E-state index >= 15 is 0 Å². The van der Waals surface area contributed by atoms with Crippen molar-refractivity contribution in [1.82, 2.24) is 9.55 Å². The molecule has 16 heavy (non-hydrogen) atoms. The lowest BCUT2D eigenvalue weighted by atomic mass is 10.2. The van der Waals surface area contributed by atoms with Crippen LogP contribution in [0.15, 0.2) is 36.8 Å². The van der Waals surface area contributed by atoms with Gasteiger partial charge in [0.1, 0.15) is 11.5 Å². The number of benzene rings is 1. The van der Waals surface area contributed by atoms with E-state index in [0.29, 0.717) is 6.54 Å². The van der Waals surface area contributed by atoms with Crippen LogP contribution in [0.4, 0.5) is 4.39 Å². The normalized spacial score (nSPS) is 11.0. The number of nitrogens with zero attached hydrogens (tertiary/aromatic N) is 2. The van der Waals surface area contributed by atoms with Gasteiger partial charge in [0.15, 0.2) is 6.29 Å². The molecular formula is C11H11FN2O2. The summed E-state index contributed by atoms with van der Waals surface area (Å²) in [5.74, 6) is -0.292. The maximum absolute atomic E-state index is 12.9. The summed E-state index contributed by atoms with van der Waals surface area (Å²) >= 11 is 0. The molecule has 0 saturated heterocycles. The minimum absolute atomic E-state index is 0.177. The Morgan fingerprint density at radius 3 is 2.81 bits per heavy atom. The van der Waals surface area contributed by atoms with E-state index in [-0.39, 0.29) is 11.5 Å². The zero-order chi connectivity index (χ0) is 11.5. The van der Waals surface area contributed by atoms with Crippen LogP contribution in [0.5, 0.6) is 0 Å². The molecule has 1 aromatic heterocycles. The average Bonchev–Trinajstić information content (AvgIpc) is 2.66. The van der Waals surface area contributed by atoms with Gasteiger partial charge in [0.2, 0.25) is 0 Å². The van der Waals surface area contributed by atoms with Crippen molar-refractivity contribution in [2.45, 2.75) is 12.8 Å². The Labute approximate surface area is 91.6 Å². The molecular weight excluding hydrogens is 211 g/mol. The van der Waals surface area contributed by atoms with E-state index in [0.717, 1.165) is 5.56 Å². The molecule has 0 atom stereocenters. The van der Waals surface area contributed by atoms with Crippen molar-refractivity contribution >= 4 is 0 Å². The van der Waals surface area contributed by atoms with Crippen LogP contribution in [0.3, 0.4) is 0 Å². The quantitative estimate of drug-likeness (QED) is 0.763. The predicted octanol–water partition coefficient (Wildman–Crippen LogP) is 1.05. The largest absolute Gasteiger partial charge is 0.363 e. The monoisotopic (exact) mass is 222 g/mol. The second-order valence-corrected chi connectivity index (χ2v) is 3.47. The van der Waals surface area contributed by atoms with Gasteiger partial charge in [0.25, 0.3) is 0 Å². The lowest BCUT2D eigenvalue weighted by Crippen LogP contribution is -1.98. The molecule has 0 aliphatic rings. The van der Waals surface area contributed by atoms with Gasteiger partial charge < -0.3 is 14.8 Å². The number of rotatable bonds is 3. The molecule has 2 N–H and O–H groups in total. The number of halogens is 1. The third-order valence-electron chi connectivity index (χ3n) is 2.17. The Bertz CT molecular complexity index is 482. The van der Waals surface area contributed by atoms with Crippen LogP contribution >= 0.6 is 0 Å². The molecule has 0 amide bonds. The van der Waals surface area contributed by atoms with Crippen molar-refractivity contribution in [3.05, 3.63) is 53.9 Å². The Hall–Kier alpha value is -1.72. The number of aliphatic hydroxyl groups excluding tert-OH is 1. The van der Waals surface area contributed by atoms with Crippen molar-refractivity contribution < 1.29 is 14.6 Å². The number of aliphatic hydroxyl groups is 2. The summed E-state index contributed by atoms with van der Waals surface area (Å²) in [5, 5.41) is 17.7. The van der Waals surface area contributed by atoms with E-state index in [9.17, 15) is 4.39 Å². The van der Waals surface area contributed by atoms with Crippen molar-refractivity contribution in [3.63, 3.8) is 0 Å².